The molecule has 3 N–H and O–H groups in total. The lowest BCUT2D eigenvalue weighted by molar-refractivity contribution is -0.143. The Kier molecular flexibility index (Phi) is 7.09. The highest BCUT2D eigenvalue weighted by Gasteiger charge is 2.29. The number of hydrogen-bond acceptors (Lipinski definition) is 6. The number of rotatable bonds is 9. The van der Waals surface area contributed by atoms with Crippen molar-refractivity contribution >= 4 is 18.0 Å². The van der Waals surface area contributed by atoms with Crippen LogP contribution >= 0.6 is 0 Å². The Morgan fingerprint density at radius 3 is 2.29 bits per heavy atom. The van der Waals surface area contributed by atoms with Crippen LogP contribution in [0, 0.1) is 5.92 Å². The quantitative estimate of drug-likeness (QED) is 0.431. The second-order valence-electron chi connectivity index (χ2n) is 8.71. The van der Waals surface area contributed by atoms with E-state index >= 15 is 0 Å². The molecule has 0 unspecified atom stereocenters. The van der Waals surface area contributed by atoms with Crippen molar-refractivity contribution in [3.05, 3.63) is 71.5 Å². The average molecular weight is 478 g/mol. The largest absolute Gasteiger partial charge is 0.480 e. The van der Waals surface area contributed by atoms with E-state index in [1.807, 2.05) is 24.3 Å². The molecule has 1 aromatic heterocycles. The zero-order chi connectivity index (χ0) is 24.9. The first-order chi connectivity index (χ1) is 16.8. The van der Waals surface area contributed by atoms with Crippen LogP contribution in [-0.2, 0) is 27.4 Å². The fourth-order valence-electron chi connectivity index (χ4n) is 4.19. The molecular weight excluding hydrogens is 450 g/mol. The zero-order valence-electron chi connectivity index (χ0n) is 19.5. The Morgan fingerprint density at radius 2 is 1.69 bits per heavy atom. The van der Waals surface area contributed by atoms with Crippen LogP contribution in [0.2, 0.25) is 0 Å². The second kappa shape index (κ2) is 10.4. The van der Waals surface area contributed by atoms with E-state index in [-0.39, 0.29) is 31.5 Å². The highest BCUT2D eigenvalue weighted by atomic mass is 16.5. The molecule has 35 heavy (non-hydrogen) atoms. The summed E-state index contributed by atoms with van der Waals surface area (Å²) in [6, 6.07) is 15.2. The number of aliphatic carboxylic acids is 1. The summed E-state index contributed by atoms with van der Waals surface area (Å²) in [5.74, 6) is -1.89. The average Bonchev–Trinajstić information content (AvgIpc) is 3.41. The topological polar surface area (TPSA) is 135 Å². The van der Waals surface area contributed by atoms with E-state index in [4.69, 9.17) is 4.74 Å². The summed E-state index contributed by atoms with van der Waals surface area (Å²) in [7, 11) is 0. The molecule has 10 nitrogen and oxygen atoms in total. The molecule has 0 saturated heterocycles. The molecule has 0 bridgehead atoms. The standard InChI is InChI=1S/C25H27N5O5/c1-15(2)23(24(32)33)27-22(31)13-30-12-16(28-29-30)11-26-25(34)35-14-21-19-9-5-3-7-17(19)18-8-4-6-10-20(18)21/h3-10,12,15,21,23H,11,13-14H2,1-2H3,(H,26,34)(H,27,31)(H,32,33)/t23-/m0/s1. The number of carbonyl (C=O) groups is 3. The van der Waals surface area contributed by atoms with Crippen molar-refractivity contribution in [2.75, 3.05) is 6.61 Å². The van der Waals surface area contributed by atoms with E-state index in [1.54, 1.807) is 13.8 Å². The number of nitrogens with zero attached hydrogens (tertiary/aromatic N) is 3. The van der Waals surface area contributed by atoms with Gasteiger partial charge in [0.25, 0.3) is 0 Å². The van der Waals surface area contributed by atoms with Crippen LogP contribution in [0.25, 0.3) is 11.1 Å². The van der Waals surface area contributed by atoms with Gasteiger partial charge in [-0.2, -0.15) is 0 Å². The van der Waals surface area contributed by atoms with Gasteiger partial charge in [0.1, 0.15) is 24.9 Å². The molecule has 3 aromatic rings. The van der Waals surface area contributed by atoms with Crippen LogP contribution in [0.4, 0.5) is 4.79 Å². The fraction of sp³-hybridized carbons (Fsp3) is 0.320. The van der Waals surface area contributed by atoms with E-state index < -0.39 is 24.0 Å². The van der Waals surface area contributed by atoms with Gasteiger partial charge in [-0.15, -0.1) is 5.10 Å². The number of carboxylic acid groups (broad SMARTS) is 1. The number of alkyl carbamates (subject to hydrolysis) is 1. The Bertz CT molecular complexity index is 1190. The first-order valence-electron chi connectivity index (χ1n) is 11.3. The summed E-state index contributed by atoms with van der Waals surface area (Å²) in [5, 5.41) is 22.1. The van der Waals surface area contributed by atoms with Crippen LogP contribution in [0.3, 0.4) is 0 Å². The molecule has 0 spiro atoms. The summed E-state index contributed by atoms with van der Waals surface area (Å²) in [6.07, 6.45) is 0.925. The predicted octanol–water partition coefficient (Wildman–Crippen LogP) is 2.54. The molecular formula is C25H27N5O5. The van der Waals surface area contributed by atoms with Crippen molar-refractivity contribution in [2.24, 2.45) is 5.92 Å². The number of aromatic nitrogens is 3. The minimum absolute atomic E-state index is 0.0343. The van der Waals surface area contributed by atoms with Gasteiger partial charge >= 0.3 is 12.1 Å². The van der Waals surface area contributed by atoms with Gasteiger partial charge in [-0.1, -0.05) is 67.6 Å². The molecule has 10 heteroatoms. The van der Waals surface area contributed by atoms with Gasteiger partial charge in [0.2, 0.25) is 5.91 Å². The molecule has 1 heterocycles. The monoisotopic (exact) mass is 477 g/mol. The van der Waals surface area contributed by atoms with E-state index in [1.165, 1.54) is 10.9 Å². The molecule has 2 aromatic carbocycles. The van der Waals surface area contributed by atoms with Crippen LogP contribution < -0.4 is 10.6 Å². The Labute approximate surface area is 202 Å². The van der Waals surface area contributed by atoms with Gasteiger partial charge < -0.3 is 20.5 Å². The molecule has 1 aliphatic carbocycles. The first kappa shape index (κ1) is 23.9. The molecule has 0 radical (unpaired) electrons. The SMILES string of the molecule is CC(C)[C@H](NC(=O)Cn1cc(CNC(=O)OCC2c3ccccc3-c3ccccc32)nn1)C(=O)O. The van der Waals surface area contributed by atoms with Gasteiger partial charge in [0.15, 0.2) is 0 Å². The van der Waals surface area contributed by atoms with E-state index in [2.05, 4.69) is 45.2 Å². The van der Waals surface area contributed by atoms with E-state index in [0.29, 0.717) is 5.69 Å². The van der Waals surface area contributed by atoms with Gasteiger partial charge in [-0.25, -0.2) is 14.3 Å². The maximum atomic E-state index is 12.3. The molecule has 2 amide bonds. The number of hydrogen-bond donors (Lipinski definition) is 3. The zero-order valence-corrected chi connectivity index (χ0v) is 19.5. The number of nitrogens with one attached hydrogen (secondary N) is 2. The maximum absolute atomic E-state index is 12.3. The molecule has 4 rings (SSSR count). The third kappa shape index (κ3) is 5.48. The van der Waals surface area contributed by atoms with E-state index in [9.17, 15) is 19.5 Å². The van der Waals surface area contributed by atoms with Crippen molar-refractivity contribution in [1.82, 2.24) is 25.6 Å². The van der Waals surface area contributed by atoms with Gasteiger partial charge in [-0.05, 0) is 28.2 Å². The maximum Gasteiger partial charge on any atom is 0.407 e. The Balaban J connectivity index is 1.27. The molecule has 1 atom stereocenters. The Hall–Kier alpha value is -4.21. The van der Waals surface area contributed by atoms with Crippen molar-refractivity contribution in [3.63, 3.8) is 0 Å². The van der Waals surface area contributed by atoms with Crippen molar-refractivity contribution in [2.45, 2.75) is 38.9 Å². The third-order valence-corrected chi connectivity index (χ3v) is 5.90. The van der Waals surface area contributed by atoms with Gasteiger partial charge in [-0.3, -0.25) is 4.79 Å². The van der Waals surface area contributed by atoms with Crippen LogP contribution in [0.15, 0.2) is 54.7 Å². The van der Waals surface area contributed by atoms with Crippen molar-refractivity contribution in [3.8, 4) is 11.1 Å². The third-order valence-electron chi connectivity index (χ3n) is 5.90. The normalized spacial score (nSPS) is 13.1. The van der Waals surface area contributed by atoms with Crippen molar-refractivity contribution in [1.29, 1.82) is 0 Å². The van der Waals surface area contributed by atoms with E-state index in [0.717, 1.165) is 22.3 Å². The summed E-state index contributed by atoms with van der Waals surface area (Å²) in [5.41, 5.74) is 5.00. The highest BCUT2D eigenvalue weighted by molar-refractivity contribution is 5.83. The van der Waals surface area contributed by atoms with Gasteiger partial charge in [0.05, 0.1) is 12.7 Å². The van der Waals surface area contributed by atoms with Crippen LogP contribution in [0.1, 0.15) is 36.6 Å². The minimum atomic E-state index is -1.10. The lowest BCUT2D eigenvalue weighted by Crippen LogP contribution is -2.45. The highest BCUT2D eigenvalue weighted by Crippen LogP contribution is 2.44. The summed E-state index contributed by atoms with van der Waals surface area (Å²) in [6.45, 7) is 3.51. The predicted molar refractivity (Wildman–Crippen MR) is 126 cm³/mol. The smallest absolute Gasteiger partial charge is 0.407 e. The number of ether oxygens (including phenoxy) is 1. The Morgan fingerprint density at radius 1 is 1.06 bits per heavy atom. The molecule has 0 fully saturated rings. The summed E-state index contributed by atoms with van der Waals surface area (Å²) >= 11 is 0. The first-order valence-corrected chi connectivity index (χ1v) is 11.3. The molecule has 0 saturated carbocycles. The second-order valence-corrected chi connectivity index (χ2v) is 8.71. The van der Waals surface area contributed by atoms with Crippen LogP contribution in [0.5, 0.6) is 0 Å². The number of carboxylic acids is 1. The molecule has 1 aliphatic rings. The summed E-state index contributed by atoms with van der Waals surface area (Å²) < 4.78 is 6.78. The van der Waals surface area contributed by atoms with Crippen LogP contribution in [-0.4, -0.2) is 50.7 Å². The fourth-order valence-corrected chi connectivity index (χ4v) is 4.19. The van der Waals surface area contributed by atoms with Crippen molar-refractivity contribution < 1.29 is 24.2 Å². The number of amides is 2. The molecule has 0 aliphatic heterocycles. The lowest BCUT2D eigenvalue weighted by Gasteiger charge is -2.17. The van der Waals surface area contributed by atoms with Gasteiger partial charge in [0, 0.05) is 5.92 Å². The summed E-state index contributed by atoms with van der Waals surface area (Å²) in [4.78, 5) is 35.7. The lowest BCUT2D eigenvalue weighted by atomic mass is 9.98. The minimum Gasteiger partial charge on any atom is -0.480 e. The number of carbonyl (C=O) groups excluding carboxylic acids is 2. The number of fused-ring (bicyclic) bond motifs is 3. The molecule has 182 valence electrons. The number of benzene rings is 2.